The number of nitrogens with zero attached hydrogens (tertiary/aromatic N) is 3. The summed E-state index contributed by atoms with van der Waals surface area (Å²) in [5, 5.41) is 24.1. The highest BCUT2D eigenvalue weighted by Gasteiger charge is 2.30. The van der Waals surface area contributed by atoms with Crippen molar-refractivity contribution >= 4 is 16.7 Å². The molecule has 0 radical (unpaired) electrons. The van der Waals surface area contributed by atoms with Crippen LogP contribution in [0.1, 0.15) is 25.3 Å². The van der Waals surface area contributed by atoms with E-state index in [-0.39, 0.29) is 5.92 Å². The highest BCUT2D eigenvalue weighted by Crippen LogP contribution is 2.39. The van der Waals surface area contributed by atoms with Crippen molar-refractivity contribution in [2.45, 2.75) is 19.8 Å². The largest absolute Gasteiger partial charge is 0.372 e. The Balaban J connectivity index is 2.14. The number of aromatic nitrogens is 2. The lowest BCUT2D eigenvalue weighted by molar-refractivity contribution is 0.811. The molecule has 0 aliphatic carbocycles. The molecular formula is C18H19N7. The second-order valence-corrected chi connectivity index (χ2v) is 5.92. The summed E-state index contributed by atoms with van der Waals surface area (Å²) in [4.78, 5) is 3.68. The van der Waals surface area contributed by atoms with Crippen LogP contribution in [0.15, 0.2) is 40.9 Å². The van der Waals surface area contributed by atoms with Crippen LogP contribution in [0.25, 0.3) is 15.7 Å². The Kier molecular flexibility index (Phi) is 4.42. The van der Waals surface area contributed by atoms with Crippen LogP contribution in [0.2, 0.25) is 0 Å². The Hall–Kier alpha value is -3.29. The van der Waals surface area contributed by atoms with Crippen molar-refractivity contribution in [1.29, 1.82) is 5.26 Å². The summed E-state index contributed by atoms with van der Waals surface area (Å²) >= 11 is 0. The van der Waals surface area contributed by atoms with Gasteiger partial charge < -0.3 is 16.4 Å². The van der Waals surface area contributed by atoms with Crippen molar-refractivity contribution in [3.63, 3.8) is 0 Å². The first-order chi connectivity index (χ1) is 12.1. The summed E-state index contributed by atoms with van der Waals surface area (Å²) in [6.45, 7) is 12.4. The summed E-state index contributed by atoms with van der Waals surface area (Å²) < 4.78 is 0. The van der Waals surface area contributed by atoms with Crippen LogP contribution in [0.3, 0.4) is 0 Å². The molecule has 0 spiro atoms. The minimum atomic E-state index is -0.370. The zero-order chi connectivity index (χ0) is 18.0. The molecule has 1 aliphatic heterocycles. The van der Waals surface area contributed by atoms with E-state index in [4.69, 9.17) is 12.3 Å². The molecular weight excluding hydrogens is 314 g/mol. The van der Waals surface area contributed by atoms with Gasteiger partial charge in [-0.2, -0.15) is 10.4 Å². The van der Waals surface area contributed by atoms with Crippen LogP contribution >= 0.6 is 0 Å². The lowest BCUT2D eigenvalue weighted by Gasteiger charge is -2.26. The third kappa shape index (κ3) is 2.82. The van der Waals surface area contributed by atoms with Gasteiger partial charge in [0.05, 0.1) is 29.6 Å². The molecule has 5 N–H and O–H groups in total. The van der Waals surface area contributed by atoms with E-state index in [0.717, 1.165) is 33.7 Å². The van der Waals surface area contributed by atoms with E-state index >= 15 is 0 Å². The normalized spacial score (nSPS) is 17.2. The van der Waals surface area contributed by atoms with Crippen molar-refractivity contribution in [3.8, 4) is 6.07 Å². The second-order valence-electron chi connectivity index (χ2n) is 5.92. The number of fused-ring (bicyclic) bond motifs is 1. The number of rotatable bonds is 4. The maximum absolute atomic E-state index is 9.62. The first kappa shape index (κ1) is 16.6. The van der Waals surface area contributed by atoms with E-state index < -0.39 is 0 Å². The van der Waals surface area contributed by atoms with Crippen LogP contribution in [0, 0.1) is 17.9 Å². The number of hydrogen-bond acceptors (Lipinski definition) is 5. The third-order valence-corrected chi connectivity index (χ3v) is 4.32. The van der Waals surface area contributed by atoms with Gasteiger partial charge in [-0.3, -0.25) is 5.10 Å². The molecule has 0 bridgehead atoms. The fourth-order valence-corrected chi connectivity index (χ4v) is 3.14. The molecule has 126 valence electrons. The van der Waals surface area contributed by atoms with Gasteiger partial charge in [0.1, 0.15) is 0 Å². The van der Waals surface area contributed by atoms with Gasteiger partial charge in [-0.05, 0) is 31.5 Å². The third-order valence-electron chi connectivity index (χ3n) is 4.32. The van der Waals surface area contributed by atoms with Gasteiger partial charge in [-0.1, -0.05) is 6.07 Å². The van der Waals surface area contributed by atoms with E-state index in [2.05, 4.69) is 31.7 Å². The quantitative estimate of drug-likeness (QED) is 0.643. The van der Waals surface area contributed by atoms with Crippen molar-refractivity contribution in [3.05, 3.63) is 57.8 Å². The SMILES string of the molecule is [C-]#[N+]C1=C(C)NC(C)=C(C#N)C1c1ccc2[nH]nc(NCCN)c2c1. The number of anilines is 1. The lowest BCUT2D eigenvalue weighted by atomic mass is 9.84. The van der Waals surface area contributed by atoms with Gasteiger partial charge in [0.15, 0.2) is 11.5 Å². The Morgan fingerprint density at radius 3 is 2.88 bits per heavy atom. The van der Waals surface area contributed by atoms with Crippen LogP contribution in [-0.2, 0) is 0 Å². The highest BCUT2D eigenvalue weighted by atomic mass is 15.2. The maximum Gasteiger partial charge on any atom is 0.196 e. The molecule has 0 saturated carbocycles. The molecule has 25 heavy (non-hydrogen) atoms. The number of nitrogens with two attached hydrogens (primary N) is 1. The smallest absolute Gasteiger partial charge is 0.196 e. The van der Waals surface area contributed by atoms with E-state index in [1.807, 2.05) is 32.0 Å². The van der Waals surface area contributed by atoms with Gasteiger partial charge >= 0.3 is 0 Å². The zero-order valence-corrected chi connectivity index (χ0v) is 14.1. The van der Waals surface area contributed by atoms with Crippen molar-refractivity contribution in [1.82, 2.24) is 15.5 Å². The van der Waals surface area contributed by atoms with E-state index in [9.17, 15) is 5.26 Å². The van der Waals surface area contributed by atoms with Crippen molar-refractivity contribution in [2.24, 2.45) is 5.73 Å². The number of allylic oxidation sites excluding steroid dienone is 3. The molecule has 7 nitrogen and oxygen atoms in total. The topological polar surface area (TPSA) is 107 Å². The molecule has 0 fully saturated rings. The Labute approximate surface area is 146 Å². The Morgan fingerprint density at radius 1 is 1.40 bits per heavy atom. The van der Waals surface area contributed by atoms with Crippen molar-refractivity contribution in [2.75, 3.05) is 18.4 Å². The van der Waals surface area contributed by atoms with Crippen LogP contribution < -0.4 is 16.4 Å². The molecule has 3 rings (SSSR count). The zero-order valence-electron chi connectivity index (χ0n) is 14.1. The van der Waals surface area contributed by atoms with E-state index in [1.54, 1.807) is 0 Å². The fraction of sp³-hybridized carbons (Fsp3) is 0.278. The number of nitriles is 1. The first-order valence-corrected chi connectivity index (χ1v) is 7.98. The minimum Gasteiger partial charge on any atom is -0.372 e. The molecule has 2 aromatic rings. The number of aromatic amines is 1. The number of benzene rings is 1. The van der Waals surface area contributed by atoms with Gasteiger partial charge in [0.25, 0.3) is 0 Å². The highest BCUT2D eigenvalue weighted by molar-refractivity contribution is 5.90. The van der Waals surface area contributed by atoms with Gasteiger partial charge in [-0.25, -0.2) is 4.85 Å². The van der Waals surface area contributed by atoms with E-state index in [0.29, 0.717) is 24.4 Å². The average molecular weight is 333 g/mol. The number of H-pyrrole nitrogens is 1. The predicted octanol–water partition coefficient (Wildman–Crippen LogP) is 2.57. The van der Waals surface area contributed by atoms with Gasteiger partial charge in [-0.15, -0.1) is 0 Å². The summed E-state index contributed by atoms with van der Waals surface area (Å²) in [6, 6.07) is 8.11. The van der Waals surface area contributed by atoms with Gasteiger partial charge in [0.2, 0.25) is 0 Å². The summed E-state index contributed by atoms with van der Waals surface area (Å²) in [5.74, 6) is 0.353. The molecule has 0 amide bonds. The maximum atomic E-state index is 9.62. The van der Waals surface area contributed by atoms with Crippen LogP contribution in [0.5, 0.6) is 0 Å². The lowest BCUT2D eigenvalue weighted by Crippen LogP contribution is -2.22. The predicted molar refractivity (Wildman–Crippen MR) is 97.1 cm³/mol. The number of dihydropyridines is 1. The standard InChI is InChI=1S/C18H19N7/c1-10-14(9-20)16(17(21-3)11(2)23-10)12-4-5-15-13(8-12)18(25-24-15)22-7-6-19/h4-5,8,16,23H,6-7,19H2,1-2H3,(H2,22,24,25). The molecule has 1 atom stereocenters. The Bertz CT molecular complexity index is 929. The van der Waals surface area contributed by atoms with Crippen LogP contribution in [-0.4, -0.2) is 23.3 Å². The molecule has 1 aromatic carbocycles. The van der Waals surface area contributed by atoms with E-state index in [1.165, 1.54) is 0 Å². The summed E-state index contributed by atoms with van der Waals surface area (Å²) in [7, 11) is 0. The molecule has 7 heteroatoms. The fourth-order valence-electron chi connectivity index (χ4n) is 3.14. The van der Waals surface area contributed by atoms with Gasteiger partial charge in [0, 0.05) is 29.9 Å². The second kappa shape index (κ2) is 6.68. The molecule has 1 aromatic heterocycles. The van der Waals surface area contributed by atoms with Crippen molar-refractivity contribution < 1.29 is 0 Å². The summed E-state index contributed by atoms with van der Waals surface area (Å²) in [6.07, 6.45) is 0. The molecule has 2 heterocycles. The monoisotopic (exact) mass is 333 g/mol. The minimum absolute atomic E-state index is 0.370. The van der Waals surface area contributed by atoms with Crippen LogP contribution in [0.4, 0.5) is 5.82 Å². The molecule has 1 aliphatic rings. The Morgan fingerprint density at radius 2 is 2.20 bits per heavy atom. The summed E-state index contributed by atoms with van der Waals surface area (Å²) in [5.41, 5.74) is 10.0. The number of nitrogens with one attached hydrogen (secondary N) is 3. The first-order valence-electron chi connectivity index (χ1n) is 7.98. The number of hydrogen-bond donors (Lipinski definition) is 4. The average Bonchev–Trinajstić information content (AvgIpc) is 3.01. The molecule has 1 unspecified atom stereocenters. The molecule has 0 saturated heterocycles.